The largest absolute Gasteiger partial charge is 0.480 e. The zero-order valence-electron chi connectivity index (χ0n) is 14.5. The highest BCUT2D eigenvalue weighted by Crippen LogP contribution is 2.35. The van der Waals surface area contributed by atoms with Gasteiger partial charge in [0.2, 0.25) is 0 Å². The van der Waals surface area contributed by atoms with E-state index in [0.717, 1.165) is 47.6 Å². The SMILES string of the molecule is Cc1cc2c(cc1C)OC(C(=O)N1CCCc3c(N)cccc31)C2.Cl. The van der Waals surface area contributed by atoms with Crippen molar-refractivity contribution in [2.24, 2.45) is 0 Å². The molecule has 2 aliphatic heterocycles. The van der Waals surface area contributed by atoms with Crippen molar-refractivity contribution in [3.8, 4) is 5.75 Å². The normalized spacial score (nSPS) is 18.0. The molecule has 5 heteroatoms. The Morgan fingerprint density at radius 1 is 1.24 bits per heavy atom. The lowest BCUT2D eigenvalue weighted by atomic mass is 9.98. The topological polar surface area (TPSA) is 55.6 Å². The summed E-state index contributed by atoms with van der Waals surface area (Å²) in [5, 5.41) is 0. The van der Waals surface area contributed by atoms with Crippen molar-refractivity contribution in [3.63, 3.8) is 0 Å². The zero-order chi connectivity index (χ0) is 16.8. The van der Waals surface area contributed by atoms with Crippen LogP contribution in [0.1, 0.15) is 28.7 Å². The van der Waals surface area contributed by atoms with E-state index in [1.165, 1.54) is 11.1 Å². The van der Waals surface area contributed by atoms with Crippen molar-refractivity contribution >= 4 is 29.7 Å². The van der Waals surface area contributed by atoms with Crippen LogP contribution in [0.15, 0.2) is 30.3 Å². The molecule has 2 heterocycles. The van der Waals surface area contributed by atoms with Crippen molar-refractivity contribution in [2.45, 2.75) is 39.2 Å². The van der Waals surface area contributed by atoms with E-state index in [2.05, 4.69) is 19.9 Å². The molecular formula is C20H23ClN2O2. The third-order valence-electron chi connectivity index (χ3n) is 5.18. The zero-order valence-corrected chi connectivity index (χ0v) is 15.4. The molecule has 4 rings (SSSR count). The fourth-order valence-electron chi connectivity index (χ4n) is 3.71. The first-order chi connectivity index (χ1) is 11.5. The maximum absolute atomic E-state index is 13.1. The minimum atomic E-state index is -0.436. The van der Waals surface area contributed by atoms with E-state index < -0.39 is 6.10 Å². The van der Waals surface area contributed by atoms with Gasteiger partial charge in [0.05, 0.1) is 0 Å². The highest BCUT2D eigenvalue weighted by molar-refractivity contribution is 5.99. The van der Waals surface area contributed by atoms with Gasteiger partial charge in [0.15, 0.2) is 6.10 Å². The molecule has 0 radical (unpaired) electrons. The number of fused-ring (bicyclic) bond motifs is 2. The average Bonchev–Trinajstić information content (AvgIpc) is 2.97. The van der Waals surface area contributed by atoms with Crippen LogP contribution in [0.25, 0.3) is 0 Å². The van der Waals surface area contributed by atoms with Crippen molar-refractivity contribution in [2.75, 3.05) is 17.2 Å². The monoisotopic (exact) mass is 358 g/mol. The molecule has 132 valence electrons. The van der Waals surface area contributed by atoms with Gasteiger partial charge in [0.25, 0.3) is 5.91 Å². The number of hydrogen-bond donors (Lipinski definition) is 1. The summed E-state index contributed by atoms with van der Waals surface area (Å²) in [5.74, 6) is 0.884. The van der Waals surface area contributed by atoms with Gasteiger partial charge >= 0.3 is 0 Å². The summed E-state index contributed by atoms with van der Waals surface area (Å²) in [6, 6.07) is 9.98. The molecule has 0 aromatic heterocycles. The second-order valence-electron chi connectivity index (χ2n) is 6.79. The molecule has 1 amide bonds. The molecule has 2 N–H and O–H groups in total. The number of amides is 1. The Kier molecular flexibility index (Phi) is 4.65. The minimum absolute atomic E-state index is 0. The summed E-state index contributed by atoms with van der Waals surface area (Å²) >= 11 is 0. The number of carbonyl (C=O) groups excluding carboxylic acids is 1. The number of rotatable bonds is 1. The van der Waals surface area contributed by atoms with E-state index in [1.807, 2.05) is 29.2 Å². The van der Waals surface area contributed by atoms with E-state index in [4.69, 9.17) is 10.5 Å². The fourth-order valence-corrected chi connectivity index (χ4v) is 3.71. The van der Waals surface area contributed by atoms with Gasteiger partial charge in [-0.05, 0) is 67.1 Å². The first-order valence-electron chi connectivity index (χ1n) is 8.50. The lowest BCUT2D eigenvalue weighted by molar-refractivity contribution is -0.124. The van der Waals surface area contributed by atoms with Crippen LogP contribution in [0.3, 0.4) is 0 Å². The molecule has 2 aromatic rings. The van der Waals surface area contributed by atoms with Crippen molar-refractivity contribution < 1.29 is 9.53 Å². The quantitative estimate of drug-likeness (QED) is 0.792. The first kappa shape index (κ1) is 17.6. The lowest BCUT2D eigenvalue weighted by Crippen LogP contribution is -2.44. The lowest BCUT2D eigenvalue weighted by Gasteiger charge is -2.31. The molecular weight excluding hydrogens is 336 g/mol. The van der Waals surface area contributed by atoms with E-state index in [1.54, 1.807) is 0 Å². The minimum Gasteiger partial charge on any atom is -0.480 e. The van der Waals surface area contributed by atoms with E-state index in [-0.39, 0.29) is 18.3 Å². The summed E-state index contributed by atoms with van der Waals surface area (Å²) in [7, 11) is 0. The molecule has 0 saturated carbocycles. The molecule has 2 aliphatic rings. The maximum Gasteiger partial charge on any atom is 0.268 e. The standard InChI is InChI=1S/C20H22N2O2.ClH/c1-12-9-14-11-19(24-18(14)10-13(12)2)20(23)22-8-4-5-15-16(21)6-3-7-17(15)22;/h3,6-7,9-10,19H,4-5,8,11,21H2,1-2H3;1H. The van der Waals surface area contributed by atoms with Crippen LogP contribution in [0, 0.1) is 13.8 Å². The molecule has 1 unspecified atom stereocenters. The number of ether oxygens (including phenoxy) is 1. The van der Waals surface area contributed by atoms with Crippen LogP contribution in [-0.4, -0.2) is 18.6 Å². The van der Waals surface area contributed by atoms with Gasteiger partial charge in [-0.3, -0.25) is 4.79 Å². The number of carbonyl (C=O) groups is 1. The number of hydrogen-bond acceptors (Lipinski definition) is 3. The van der Waals surface area contributed by atoms with Gasteiger partial charge in [-0.2, -0.15) is 0 Å². The van der Waals surface area contributed by atoms with Gasteiger partial charge in [-0.1, -0.05) is 12.1 Å². The van der Waals surface area contributed by atoms with Crippen molar-refractivity contribution in [3.05, 3.63) is 52.6 Å². The van der Waals surface area contributed by atoms with Crippen LogP contribution in [0.4, 0.5) is 11.4 Å². The fraction of sp³-hybridized carbons (Fsp3) is 0.350. The summed E-state index contributed by atoms with van der Waals surface area (Å²) in [6.07, 6.45) is 2.07. The highest BCUT2D eigenvalue weighted by atomic mass is 35.5. The highest BCUT2D eigenvalue weighted by Gasteiger charge is 2.35. The van der Waals surface area contributed by atoms with Crippen LogP contribution in [-0.2, 0) is 17.6 Å². The Labute approximate surface area is 154 Å². The number of nitrogen functional groups attached to an aromatic ring is 1. The van der Waals surface area contributed by atoms with E-state index >= 15 is 0 Å². The second kappa shape index (κ2) is 6.60. The van der Waals surface area contributed by atoms with Gasteiger partial charge in [0, 0.05) is 24.3 Å². The number of halogens is 1. The molecule has 0 bridgehead atoms. The summed E-state index contributed by atoms with van der Waals surface area (Å²) in [6.45, 7) is 4.88. The van der Waals surface area contributed by atoms with Crippen molar-refractivity contribution in [1.29, 1.82) is 0 Å². The van der Waals surface area contributed by atoms with Gasteiger partial charge in [-0.15, -0.1) is 12.4 Å². The number of anilines is 2. The summed E-state index contributed by atoms with van der Waals surface area (Å²) in [5.41, 5.74) is 12.4. The Morgan fingerprint density at radius 2 is 2.00 bits per heavy atom. The summed E-state index contributed by atoms with van der Waals surface area (Å²) in [4.78, 5) is 14.9. The number of nitrogens with two attached hydrogens (primary N) is 1. The molecule has 25 heavy (non-hydrogen) atoms. The molecule has 4 nitrogen and oxygen atoms in total. The van der Waals surface area contributed by atoms with Crippen LogP contribution in [0.2, 0.25) is 0 Å². The van der Waals surface area contributed by atoms with Gasteiger partial charge in [-0.25, -0.2) is 0 Å². The predicted molar refractivity (Wildman–Crippen MR) is 103 cm³/mol. The second-order valence-corrected chi connectivity index (χ2v) is 6.79. The van der Waals surface area contributed by atoms with Crippen LogP contribution in [0.5, 0.6) is 5.75 Å². The Bertz CT molecular complexity index is 804. The number of nitrogens with zero attached hydrogens (tertiary/aromatic N) is 1. The first-order valence-corrected chi connectivity index (χ1v) is 8.50. The van der Waals surface area contributed by atoms with Crippen molar-refractivity contribution in [1.82, 2.24) is 0 Å². The molecule has 0 fully saturated rings. The smallest absolute Gasteiger partial charge is 0.268 e. The average molecular weight is 359 g/mol. The Morgan fingerprint density at radius 3 is 2.80 bits per heavy atom. The van der Waals surface area contributed by atoms with E-state index in [0.29, 0.717) is 6.42 Å². The number of benzene rings is 2. The Hall–Kier alpha value is -2.20. The van der Waals surface area contributed by atoms with Gasteiger partial charge in [0.1, 0.15) is 5.75 Å². The third-order valence-corrected chi connectivity index (χ3v) is 5.18. The predicted octanol–water partition coefficient (Wildman–Crippen LogP) is 3.59. The maximum atomic E-state index is 13.1. The third kappa shape index (κ3) is 2.95. The van der Waals surface area contributed by atoms with Gasteiger partial charge < -0.3 is 15.4 Å². The molecule has 0 saturated heterocycles. The molecule has 2 aromatic carbocycles. The van der Waals surface area contributed by atoms with Crippen LogP contribution >= 0.6 is 12.4 Å². The molecule has 0 aliphatic carbocycles. The number of aryl methyl sites for hydroxylation is 2. The molecule has 0 spiro atoms. The molecule has 1 atom stereocenters. The van der Waals surface area contributed by atoms with E-state index in [9.17, 15) is 4.79 Å². The summed E-state index contributed by atoms with van der Waals surface area (Å²) < 4.78 is 5.98. The van der Waals surface area contributed by atoms with Crippen LogP contribution < -0.4 is 15.4 Å². The Balaban J connectivity index is 0.00000182.